The van der Waals surface area contributed by atoms with Crippen molar-refractivity contribution in [3.8, 4) is 28.0 Å². The SMILES string of the molecule is CCC(C)c1ccc(COc2ccc(C(=O)c3ccc(-c4ccc(-c5ccc(C(F)(F)F)cc5)c(C)c4)cc3)cc2)cc1. The molecule has 0 aliphatic heterocycles. The number of halogens is 3. The molecule has 1 atom stereocenters. The predicted octanol–water partition coefficient (Wildman–Crippen LogP) is 10.7. The molecule has 0 heterocycles. The number of hydrogen-bond donors (Lipinski definition) is 0. The third-order valence-electron chi connectivity index (χ3n) is 7.91. The van der Waals surface area contributed by atoms with Crippen molar-refractivity contribution in [2.24, 2.45) is 0 Å². The van der Waals surface area contributed by atoms with Gasteiger partial charge in [0.05, 0.1) is 5.56 Å². The van der Waals surface area contributed by atoms with Crippen LogP contribution in [0.4, 0.5) is 13.2 Å². The fourth-order valence-corrected chi connectivity index (χ4v) is 5.03. The van der Waals surface area contributed by atoms with Crippen molar-refractivity contribution in [2.45, 2.75) is 45.9 Å². The van der Waals surface area contributed by atoms with Gasteiger partial charge in [0.2, 0.25) is 0 Å². The van der Waals surface area contributed by atoms with Crippen molar-refractivity contribution in [1.29, 1.82) is 0 Å². The van der Waals surface area contributed by atoms with Gasteiger partial charge in [0.25, 0.3) is 0 Å². The number of hydrogen-bond acceptors (Lipinski definition) is 2. The lowest BCUT2D eigenvalue weighted by molar-refractivity contribution is -0.137. The summed E-state index contributed by atoms with van der Waals surface area (Å²) in [5.41, 5.74) is 7.37. The number of carbonyl (C=O) groups excluding carboxylic acids is 1. The standard InChI is InChI=1S/C38H33F3O2/c1-4-25(2)28-7-5-27(6-8-28)24-43-35-20-15-32(16-21-35)37(42)31-11-9-29(10-12-31)33-17-22-36(26(3)23-33)30-13-18-34(19-14-30)38(39,40)41/h5-23,25H,4,24H2,1-3H3. The van der Waals surface area contributed by atoms with Gasteiger partial charge in [-0.05, 0) is 94.6 Å². The van der Waals surface area contributed by atoms with Crippen LogP contribution in [-0.4, -0.2) is 5.78 Å². The second-order valence-corrected chi connectivity index (χ2v) is 10.9. The molecule has 0 bridgehead atoms. The quantitative estimate of drug-likeness (QED) is 0.163. The van der Waals surface area contributed by atoms with E-state index >= 15 is 0 Å². The average Bonchev–Trinajstić information content (AvgIpc) is 3.03. The Morgan fingerprint density at radius 2 is 1.28 bits per heavy atom. The van der Waals surface area contributed by atoms with Gasteiger partial charge >= 0.3 is 6.18 Å². The van der Waals surface area contributed by atoms with Crippen molar-refractivity contribution in [3.63, 3.8) is 0 Å². The van der Waals surface area contributed by atoms with Gasteiger partial charge in [-0.2, -0.15) is 13.2 Å². The Bertz CT molecular complexity index is 1680. The molecule has 0 saturated heterocycles. The zero-order valence-corrected chi connectivity index (χ0v) is 24.4. The van der Waals surface area contributed by atoms with E-state index in [1.165, 1.54) is 17.7 Å². The minimum absolute atomic E-state index is 0.0763. The topological polar surface area (TPSA) is 26.3 Å². The van der Waals surface area contributed by atoms with Crippen LogP contribution in [0.25, 0.3) is 22.3 Å². The molecular weight excluding hydrogens is 545 g/mol. The van der Waals surface area contributed by atoms with Gasteiger partial charge < -0.3 is 4.74 Å². The van der Waals surface area contributed by atoms with E-state index in [4.69, 9.17) is 4.74 Å². The Hall–Kier alpha value is -4.64. The van der Waals surface area contributed by atoms with Crippen LogP contribution in [0.15, 0.2) is 115 Å². The maximum Gasteiger partial charge on any atom is 0.416 e. The van der Waals surface area contributed by atoms with Crippen molar-refractivity contribution in [1.82, 2.24) is 0 Å². The number of benzene rings is 5. The van der Waals surface area contributed by atoms with E-state index in [0.717, 1.165) is 51.9 Å². The molecule has 5 rings (SSSR count). The molecule has 0 amide bonds. The number of ether oxygens (including phenoxy) is 1. The molecule has 2 nitrogen and oxygen atoms in total. The van der Waals surface area contributed by atoms with Crippen LogP contribution in [0, 0.1) is 6.92 Å². The minimum Gasteiger partial charge on any atom is -0.489 e. The summed E-state index contributed by atoms with van der Waals surface area (Å²) in [6.07, 6.45) is -3.25. The number of rotatable bonds is 9. The monoisotopic (exact) mass is 578 g/mol. The molecule has 5 aromatic rings. The highest BCUT2D eigenvalue weighted by Crippen LogP contribution is 2.33. The summed E-state index contributed by atoms with van der Waals surface area (Å²) in [4.78, 5) is 13.1. The summed E-state index contributed by atoms with van der Waals surface area (Å²) < 4.78 is 44.7. The van der Waals surface area contributed by atoms with E-state index in [-0.39, 0.29) is 5.78 Å². The highest BCUT2D eigenvalue weighted by molar-refractivity contribution is 6.09. The number of aryl methyl sites for hydroxylation is 1. The predicted molar refractivity (Wildman–Crippen MR) is 166 cm³/mol. The lowest BCUT2D eigenvalue weighted by Crippen LogP contribution is -2.04. The third kappa shape index (κ3) is 7.06. The molecule has 0 aromatic heterocycles. The van der Waals surface area contributed by atoms with Crippen molar-refractivity contribution in [2.75, 3.05) is 0 Å². The van der Waals surface area contributed by atoms with E-state index in [9.17, 15) is 18.0 Å². The summed E-state index contributed by atoms with van der Waals surface area (Å²) in [6, 6.07) is 34.2. The first-order valence-corrected chi connectivity index (χ1v) is 14.4. The lowest BCUT2D eigenvalue weighted by Gasteiger charge is -2.12. The Morgan fingerprint density at radius 3 is 1.84 bits per heavy atom. The zero-order chi connectivity index (χ0) is 30.6. The Labute approximate surface area is 250 Å². The minimum atomic E-state index is -4.36. The van der Waals surface area contributed by atoms with E-state index in [1.54, 1.807) is 12.1 Å². The fourth-order valence-electron chi connectivity index (χ4n) is 5.03. The van der Waals surface area contributed by atoms with Gasteiger partial charge in [0, 0.05) is 11.1 Å². The van der Waals surface area contributed by atoms with E-state index in [2.05, 4.69) is 38.1 Å². The largest absolute Gasteiger partial charge is 0.489 e. The first-order valence-electron chi connectivity index (χ1n) is 14.4. The maximum absolute atomic E-state index is 13.1. The molecule has 5 heteroatoms. The van der Waals surface area contributed by atoms with Crippen molar-refractivity contribution < 1.29 is 22.7 Å². The molecule has 0 aliphatic carbocycles. The second kappa shape index (κ2) is 12.7. The molecule has 218 valence electrons. The van der Waals surface area contributed by atoms with Crippen molar-refractivity contribution in [3.05, 3.63) is 149 Å². The lowest BCUT2D eigenvalue weighted by atomic mass is 9.94. The third-order valence-corrected chi connectivity index (χ3v) is 7.91. The molecule has 0 N–H and O–H groups in total. The van der Waals surface area contributed by atoms with Crippen LogP contribution in [0.1, 0.15) is 64.4 Å². The van der Waals surface area contributed by atoms with Gasteiger partial charge in [-0.15, -0.1) is 0 Å². The van der Waals surface area contributed by atoms with Crippen LogP contribution < -0.4 is 4.74 Å². The first-order chi connectivity index (χ1) is 20.6. The summed E-state index contributed by atoms with van der Waals surface area (Å²) in [5, 5.41) is 0. The molecule has 0 spiro atoms. The molecule has 0 fully saturated rings. The Balaban J connectivity index is 1.22. The van der Waals surface area contributed by atoms with Crippen LogP contribution in [0.3, 0.4) is 0 Å². The van der Waals surface area contributed by atoms with Crippen LogP contribution in [0.2, 0.25) is 0 Å². The second-order valence-electron chi connectivity index (χ2n) is 10.9. The molecule has 1 unspecified atom stereocenters. The van der Waals surface area contributed by atoms with Crippen molar-refractivity contribution >= 4 is 5.78 Å². The normalized spacial score (nSPS) is 12.1. The maximum atomic E-state index is 13.1. The smallest absolute Gasteiger partial charge is 0.416 e. The summed E-state index contributed by atoms with van der Waals surface area (Å²) in [7, 11) is 0. The highest BCUT2D eigenvalue weighted by atomic mass is 19.4. The molecule has 0 aliphatic rings. The Morgan fingerprint density at radius 1 is 0.721 bits per heavy atom. The van der Waals surface area contributed by atoms with Gasteiger partial charge in [-0.1, -0.05) is 92.7 Å². The molecule has 5 aromatic carbocycles. The van der Waals surface area contributed by atoms with Crippen LogP contribution in [0.5, 0.6) is 5.75 Å². The molecule has 0 radical (unpaired) electrons. The van der Waals surface area contributed by atoms with E-state index in [0.29, 0.717) is 29.4 Å². The molecular formula is C38H33F3O2. The summed E-state index contributed by atoms with van der Waals surface area (Å²) in [5.74, 6) is 1.16. The van der Waals surface area contributed by atoms with E-state index in [1.807, 2.05) is 61.5 Å². The fraction of sp³-hybridized carbons (Fsp3) is 0.184. The molecule has 43 heavy (non-hydrogen) atoms. The van der Waals surface area contributed by atoms with Gasteiger partial charge in [0.15, 0.2) is 5.78 Å². The summed E-state index contributed by atoms with van der Waals surface area (Å²) >= 11 is 0. The molecule has 0 saturated carbocycles. The van der Waals surface area contributed by atoms with Crippen LogP contribution >= 0.6 is 0 Å². The average molecular weight is 579 g/mol. The van der Waals surface area contributed by atoms with Gasteiger partial charge in [-0.25, -0.2) is 0 Å². The number of carbonyl (C=O) groups is 1. The van der Waals surface area contributed by atoms with Gasteiger partial charge in [-0.3, -0.25) is 4.79 Å². The first kappa shape index (κ1) is 29.8. The van der Waals surface area contributed by atoms with Gasteiger partial charge in [0.1, 0.15) is 12.4 Å². The number of alkyl halides is 3. The highest BCUT2D eigenvalue weighted by Gasteiger charge is 2.30. The Kier molecular flexibility index (Phi) is 8.81. The zero-order valence-electron chi connectivity index (χ0n) is 24.4. The van der Waals surface area contributed by atoms with Crippen LogP contribution in [-0.2, 0) is 12.8 Å². The van der Waals surface area contributed by atoms with E-state index < -0.39 is 11.7 Å². The summed E-state index contributed by atoms with van der Waals surface area (Å²) in [6.45, 7) is 6.80. The number of ketones is 1.